The number of carbonyl (C=O) groups excluding carboxylic acids is 1. The molecule has 1 aromatic carbocycles. The lowest BCUT2D eigenvalue weighted by Gasteiger charge is -2.10. The van der Waals surface area contributed by atoms with Gasteiger partial charge in [-0.1, -0.05) is 0 Å². The lowest BCUT2D eigenvalue weighted by molar-refractivity contribution is -0.131. The number of hydrogen-bond donors (Lipinski definition) is 1. The van der Waals surface area contributed by atoms with E-state index >= 15 is 0 Å². The maximum atomic E-state index is 11.3. The third kappa shape index (κ3) is 2.80. The van der Waals surface area contributed by atoms with Gasteiger partial charge in [0.25, 0.3) is 5.78 Å². The van der Waals surface area contributed by atoms with E-state index in [1.807, 2.05) is 0 Å². The highest BCUT2D eigenvalue weighted by Gasteiger charge is 2.23. The molecule has 0 spiro atoms. The van der Waals surface area contributed by atoms with Crippen molar-refractivity contribution in [3.8, 4) is 11.5 Å². The number of benzene rings is 1. The Balaban J connectivity index is 2.16. The third-order valence-electron chi connectivity index (χ3n) is 2.79. The van der Waals surface area contributed by atoms with Gasteiger partial charge in [-0.25, -0.2) is 4.79 Å². The van der Waals surface area contributed by atoms with Crippen molar-refractivity contribution in [2.75, 3.05) is 13.7 Å². The molecule has 0 unspecified atom stereocenters. The smallest absolute Gasteiger partial charge is 0.377 e. The molecule has 1 aromatic rings. The van der Waals surface area contributed by atoms with E-state index in [1.165, 1.54) is 32.1 Å². The van der Waals surface area contributed by atoms with E-state index < -0.39 is 11.8 Å². The molecule has 2 rings (SSSR count). The van der Waals surface area contributed by atoms with Gasteiger partial charge in [0.15, 0.2) is 11.5 Å². The summed E-state index contributed by atoms with van der Waals surface area (Å²) >= 11 is 0. The minimum atomic E-state index is -1.48. The summed E-state index contributed by atoms with van der Waals surface area (Å²) in [5.74, 6) is -0.921. The van der Waals surface area contributed by atoms with Crippen LogP contribution in [0.15, 0.2) is 18.2 Å². The van der Waals surface area contributed by atoms with Crippen LogP contribution in [0.5, 0.6) is 11.5 Å². The van der Waals surface area contributed by atoms with E-state index in [4.69, 9.17) is 14.6 Å². The number of carboxylic acid groups (broad SMARTS) is 1. The number of aliphatic carboxylic acids is 1. The van der Waals surface area contributed by atoms with Gasteiger partial charge in [0.05, 0.1) is 13.7 Å². The zero-order valence-electron chi connectivity index (χ0n) is 10.0. The SMILES string of the molecule is COc1cc(C(=O)C(=O)O)ccc1OCC1CC1. The summed E-state index contributed by atoms with van der Waals surface area (Å²) in [7, 11) is 1.45. The second kappa shape index (κ2) is 5.08. The number of carbonyl (C=O) groups is 2. The number of hydrogen-bond acceptors (Lipinski definition) is 4. The van der Waals surface area contributed by atoms with Crippen LogP contribution in [0.2, 0.25) is 0 Å². The number of rotatable bonds is 6. The number of ether oxygens (including phenoxy) is 2. The molecule has 0 saturated heterocycles. The molecule has 0 heterocycles. The quantitative estimate of drug-likeness (QED) is 0.615. The average molecular weight is 250 g/mol. The van der Waals surface area contributed by atoms with Crippen molar-refractivity contribution in [1.29, 1.82) is 0 Å². The maximum Gasteiger partial charge on any atom is 0.377 e. The lowest BCUT2D eigenvalue weighted by Crippen LogP contribution is -2.13. The van der Waals surface area contributed by atoms with Crippen LogP contribution >= 0.6 is 0 Å². The van der Waals surface area contributed by atoms with Crippen molar-refractivity contribution < 1.29 is 24.2 Å². The third-order valence-corrected chi connectivity index (χ3v) is 2.79. The fourth-order valence-corrected chi connectivity index (χ4v) is 1.54. The van der Waals surface area contributed by atoms with E-state index in [1.54, 1.807) is 6.07 Å². The Morgan fingerprint density at radius 2 is 2.06 bits per heavy atom. The van der Waals surface area contributed by atoms with Gasteiger partial charge in [-0.15, -0.1) is 0 Å². The first-order chi connectivity index (χ1) is 8.61. The molecule has 1 saturated carbocycles. The molecule has 0 atom stereocenters. The Kier molecular flexibility index (Phi) is 3.50. The van der Waals surface area contributed by atoms with Gasteiger partial charge < -0.3 is 14.6 Å². The van der Waals surface area contributed by atoms with Crippen LogP contribution < -0.4 is 9.47 Å². The largest absolute Gasteiger partial charge is 0.493 e. The van der Waals surface area contributed by atoms with E-state index in [0.717, 1.165) is 0 Å². The number of Topliss-reactive ketones (excluding diaryl/α,β-unsaturated/α-hetero) is 1. The van der Waals surface area contributed by atoms with Crippen molar-refractivity contribution in [2.45, 2.75) is 12.8 Å². The van der Waals surface area contributed by atoms with Crippen LogP contribution in [0.1, 0.15) is 23.2 Å². The highest BCUT2D eigenvalue weighted by atomic mass is 16.5. The minimum absolute atomic E-state index is 0.0816. The van der Waals surface area contributed by atoms with Crippen molar-refractivity contribution in [3.05, 3.63) is 23.8 Å². The molecule has 18 heavy (non-hydrogen) atoms. The maximum absolute atomic E-state index is 11.3. The molecule has 0 aliphatic heterocycles. The molecule has 0 bridgehead atoms. The summed E-state index contributed by atoms with van der Waals surface area (Å²) in [5.41, 5.74) is 0.0816. The Bertz CT molecular complexity index is 476. The van der Waals surface area contributed by atoms with Crippen molar-refractivity contribution in [2.24, 2.45) is 5.92 Å². The minimum Gasteiger partial charge on any atom is -0.493 e. The van der Waals surface area contributed by atoms with Crippen LogP contribution in [-0.2, 0) is 4.79 Å². The predicted octanol–water partition coefficient (Wildman–Crippen LogP) is 1.75. The van der Waals surface area contributed by atoms with E-state index in [2.05, 4.69) is 0 Å². The molecule has 0 radical (unpaired) electrons. The Morgan fingerprint density at radius 1 is 1.33 bits per heavy atom. The molecule has 1 fully saturated rings. The van der Waals surface area contributed by atoms with Gasteiger partial charge >= 0.3 is 5.97 Å². The van der Waals surface area contributed by atoms with Crippen LogP contribution in [0, 0.1) is 5.92 Å². The summed E-state index contributed by atoms with van der Waals surface area (Å²) in [6, 6.07) is 4.39. The second-order valence-corrected chi connectivity index (χ2v) is 4.25. The molecule has 96 valence electrons. The molecule has 5 heteroatoms. The summed E-state index contributed by atoms with van der Waals surface area (Å²) in [4.78, 5) is 21.9. The van der Waals surface area contributed by atoms with Gasteiger partial charge in [0.1, 0.15) is 0 Å². The molecule has 1 aliphatic carbocycles. The molecule has 1 aliphatic rings. The van der Waals surface area contributed by atoms with Crippen LogP contribution in [0.4, 0.5) is 0 Å². The standard InChI is InChI=1S/C13H14O5/c1-17-11-6-9(12(14)13(15)16)4-5-10(11)18-7-8-2-3-8/h4-6,8H,2-3,7H2,1H3,(H,15,16). The average Bonchev–Trinajstić information content (AvgIpc) is 3.19. The number of carboxylic acids is 1. The topological polar surface area (TPSA) is 72.8 Å². The predicted molar refractivity (Wildman–Crippen MR) is 63.2 cm³/mol. The Labute approximate surface area is 104 Å². The molecular formula is C13H14O5. The van der Waals surface area contributed by atoms with Gasteiger partial charge in [-0.05, 0) is 37.0 Å². The summed E-state index contributed by atoms with van der Waals surface area (Å²) < 4.78 is 10.7. The summed E-state index contributed by atoms with van der Waals surface area (Å²) in [6.07, 6.45) is 2.36. The van der Waals surface area contributed by atoms with E-state index in [9.17, 15) is 9.59 Å². The fourth-order valence-electron chi connectivity index (χ4n) is 1.54. The fraction of sp³-hybridized carbons (Fsp3) is 0.385. The molecular weight excluding hydrogens is 236 g/mol. The lowest BCUT2D eigenvalue weighted by atomic mass is 10.1. The Hall–Kier alpha value is -2.04. The number of methoxy groups -OCH3 is 1. The number of ketones is 1. The zero-order valence-corrected chi connectivity index (χ0v) is 10.0. The summed E-state index contributed by atoms with van der Waals surface area (Å²) in [5, 5.41) is 8.63. The highest BCUT2D eigenvalue weighted by molar-refractivity contribution is 6.39. The monoisotopic (exact) mass is 250 g/mol. The van der Waals surface area contributed by atoms with E-state index in [0.29, 0.717) is 24.0 Å². The van der Waals surface area contributed by atoms with Crippen LogP contribution in [0.3, 0.4) is 0 Å². The van der Waals surface area contributed by atoms with Crippen LogP contribution in [0.25, 0.3) is 0 Å². The highest BCUT2D eigenvalue weighted by Crippen LogP contribution is 2.33. The van der Waals surface area contributed by atoms with Gasteiger partial charge in [0, 0.05) is 5.56 Å². The second-order valence-electron chi connectivity index (χ2n) is 4.25. The van der Waals surface area contributed by atoms with Gasteiger partial charge in [-0.3, -0.25) is 4.79 Å². The van der Waals surface area contributed by atoms with Gasteiger partial charge in [0.2, 0.25) is 0 Å². The first-order valence-corrected chi connectivity index (χ1v) is 5.70. The van der Waals surface area contributed by atoms with Crippen LogP contribution in [-0.4, -0.2) is 30.6 Å². The first kappa shape index (κ1) is 12.4. The van der Waals surface area contributed by atoms with E-state index in [-0.39, 0.29) is 5.56 Å². The summed E-state index contributed by atoms with van der Waals surface area (Å²) in [6.45, 7) is 0.628. The molecule has 0 amide bonds. The van der Waals surface area contributed by atoms with Crippen molar-refractivity contribution in [3.63, 3.8) is 0 Å². The Morgan fingerprint density at radius 3 is 2.61 bits per heavy atom. The van der Waals surface area contributed by atoms with Gasteiger partial charge in [-0.2, -0.15) is 0 Å². The van der Waals surface area contributed by atoms with Crippen molar-refractivity contribution in [1.82, 2.24) is 0 Å². The van der Waals surface area contributed by atoms with Crippen molar-refractivity contribution >= 4 is 11.8 Å². The normalized spacial score (nSPS) is 14.1. The molecule has 0 aromatic heterocycles. The first-order valence-electron chi connectivity index (χ1n) is 5.70. The zero-order chi connectivity index (χ0) is 13.1. The molecule has 1 N–H and O–H groups in total. The molecule has 5 nitrogen and oxygen atoms in total.